The summed E-state index contributed by atoms with van der Waals surface area (Å²) in [4.78, 5) is 28.6. The molecule has 1 aliphatic carbocycles. The number of aromatic nitrogens is 3. The van der Waals surface area contributed by atoms with Gasteiger partial charge in [0.1, 0.15) is 18.3 Å². The van der Waals surface area contributed by atoms with E-state index in [-0.39, 0.29) is 24.3 Å². The molecule has 12 heteroatoms. The number of fused-ring (bicyclic) bond motifs is 1. The average Bonchev–Trinajstić information content (AvgIpc) is 3.47. The summed E-state index contributed by atoms with van der Waals surface area (Å²) in [5.41, 5.74) is 6.45. The van der Waals surface area contributed by atoms with E-state index in [1.165, 1.54) is 26.2 Å². The molecule has 0 spiro atoms. The maximum atomic E-state index is 14.2. The molecule has 3 aromatic rings. The van der Waals surface area contributed by atoms with Crippen molar-refractivity contribution in [1.29, 1.82) is 5.26 Å². The van der Waals surface area contributed by atoms with Gasteiger partial charge in [-0.25, -0.2) is 13.7 Å². The lowest BCUT2D eigenvalue weighted by Crippen LogP contribution is -2.42. The van der Waals surface area contributed by atoms with Crippen LogP contribution in [0.1, 0.15) is 49.0 Å². The van der Waals surface area contributed by atoms with Crippen LogP contribution in [0.5, 0.6) is 0 Å². The van der Waals surface area contributed by atoms with Gasteiger partial charge < -0.3 is 26.2 Å². The fourth-order valence-corrected chi connectivity index (χ4v) is 4.24. The van der Waals surface area contributed by atoms with Crippen LogP contribution < -0.4 is 16.4 Å². The number of amides is 2. The van der Waals surface area contributed by atoms with Crippen molar-refractivity contribution >= 4 is 23.2 Å². The number of rotatable bonds is 8. The van der Waals surface area contributed by atoms with Crippen molar-refractivity contribution in [2.24, 2.45) is 5.73 Å². The summed E-state index contributed by atoms with van der Waals surface area (Å²) in [5, 5.41) is 29.1. The minimum Gasteiger partial charge on any atom is -0.446 e. The minimum absolute atomic E-state index is 0.114. The molecule has 0 aromatic carbocycles. The van der Waals surface area contributed by atoms with Gasteiger partial charge in [-0.1, -0.05) is 0 Å². The number of ether oxygens (including phenoxy) is 1. The quantitative estimate of drug-likeness (QED) is 0.359. The Kier molecular flexibility index (Phi) is 7.26. The van der Waals surface area contributed by atoms with Gasteiger partial charge in [0.25, 0.3) is 5.91 Å². The molecule has 37 heavy (non-hydrogen) atoms. The second kappa shape index (κ2) is 10.4. The molecular formula is C25H28FN7O4. The monoisotopic (exact) mass is 509 g/mol. The number of anilines is 1. The summed E-state index contributed by atoms with van der Waals surface area (Å²) < 4.78 is 21.0. The Balaban J connectivity index is 1.63. The Bertz CT molecular complexity index is 1360. The zero-order valence-electron chi connectivity index (χ0n) is 20.4. The summed E-state index contributed by atoms with van der Waals surface area (Å²) in [7, 11) is 0. The van der Waals surface area contributed by atoms with Crippen molar-refractivity contribution in [3.05, 3.63) is 47.8 Å². The normalized spacial score (nSPS) is 18.2. The first-order valence-electron chi connectivity index (χ1n) is 11.8. The number of hydrogen-bond acceptors (Lipinski definition) is 8. The molecule has 1 aliphatic rings. The van der Waals surface area contributed by atoms with E-state index in [4.69, 9.17) is 15.7 Å². The van der Waals surface area contributed by atoms with Crippen molar-refractivity contribution in [3.63, 3.8) is 0 Å². The first kappa shape index (κ1) is 25.8. The molecule has 0 aliphatic heterocycles. The number of alkyl halides is 1. The zero-order valence-corrected chi connectivity index (χ0v) is 20.4. The lowest BCUT2D eigenvalue weighted by molar-refractivity contribution is -0.00177. The van der Waals surface area contributed by atoms with Crippen LogP contribution in [0.15, 0.2) is 36.7 Å². The maximum Gasteiger partial charge on any atom is 0.404 e. The van der Waals surface area contributed by atoms with Gasteiger partial charge in [-0.3, -0.25) is 9.78 Å². The van der Waals surface area contributed by atoms with E-state index in [1.807, 2.05) is 0 Å². The van der Waals surface area contributed by atoms with Gasteiger partial charge in [0.05, 0.1) is 52.1 Å². The number of halogens is 1. The van der Waals surface area contributed by atoms with Gasteiger partial charge in [-0.05, 0) is 51.0 Å². The molecule has 0 radical (unpaired) electrons. The Morgan fingerprint density at radius 1 is 1.35 bits per heavy atom. The third-order valence-corrected chi connectivity index (χ3v) is 6.28. The first-order chi connectivity index (χ1) is 17.5. The highest BCUT2D eigenvalue weighted by molar-refractivity contribution is 6.00. The molecule has 1 saturated carbocycles. The average molecular weight is 510 g/mol. The highest BCUT2D eigenvalue weighted by atomic mass is 19.1. The maximum absolute atomic E-state index is 14.2. The number of nitrogens with zero attached hydrogens (tertiary/aromatic N) is 4. The highest BCUT2D eigenvalue weighted by Crippen LogP contribution is 2.30. The highest BCUT2D eigenvalue weighted by Gasteiger charge is 2.30. The molecule has 11 nitrogen and oxygen atoms in total. The Labute approximate surface area is 212 Å². The standard InChI is InChI=1S/C25H28FN7O4/c1-25(2,36)22(26)13-30-23(34)18-12-29-20(21-6-4-16-7-14(10-27)11-31-33(16)21)9-19(18)32-15-3-5-17(8-15)37-24(28)35/h4,6-7,9,11-12,15,17,22,36H,3,5,8,13H2,1-2H3,(H2,28,35)(H,29,32)(H,30,34)/t15-,17-,22?/m0/s1. The predicted molar refractivity (Wildman–Crippen MR) is 132 cm³/mol. The van der Waals surface area contributed by atoms with E-state index in [1.54, 1.807) is 28.8 Å². The van der Waals surface area contributed by atoms with Gasteiger partial charge in [-0.2, -0.15) is 10.4 Å². The van der Waals surface area contributed by atoms with Gasteiger partial charge in [0.2, 0.25) is 0 Å². The third-order valence-electron chi connectivity index (χ3n) is 6.28. The number of nitrogens with two attached hydrogens (primary N) is 1. The summed E-state index contributed by atoms with van der Waals surface area (Å²) in [6.07, 6.45) is 1.79. The Morgan fingerprint density at radius 3 is 2.84 bits per heavy atom. The predicted octanol–water partition coefficient (Wildman–Crippen LogP) is 2.54. The van der Waals surface area contributed by atoms with Crippen LogP contribution in [0, 0.1) is 11.3 Å². The molecule has 0 bridgehead atoms. The molecule has 5 N–H and O–H groups in total. The van der Waals surface area contributed by atoms with Crippen LogP contribution in [-0.2, 0) is 4.74 Å². The number of aliphatic hydroxyl groups is 1. The molecule has 4 rings (SSSR count). The minimum atomic E-state index is -1.67. The number of carbonyl (C=O) groups is 2. The number of hydrogen-bond donors (Lipinski definition) is 4. The Hall–Kier alpha value is -4.24. The van der Waals surface area contributed by atoms with E-state index < -0.39 is 23.8 Å². The number of nitriles is 1. The molecule has 194 valence electrons. The zero-order chi connectivity index (χ0) is 26.7. The van der Waals surface area contributed by atoms with Crippen LogP contribution >= 0.6 is 0 Å². The SMILES string of the molecule is CC(C)(O)C(F)CNC(=O)c1cnc(-c2ccc3cc(C#N)cnn23)cc1N[C@H]1CC[C@H](OC(N)=O)C1. The van der Waals surface area contributed by atoms with Gasteiger partial charge in [-0.15, -0.1) is 0 Å². The van der Waals surface area contributed by atoms with Crippen molar-refractivity contribution in [2.75, 3.05) is 11.9 Å². The van der Waals surface area contributed by atoms with Crippen molar-refractivity contribution in [3.8, 4) is 17.5 Å². The van der Waals surface area contributed by atoms with Gasteiger partial charge >= 0.3 is 6.09 Å². The lowest BCUT2D eigenvalue weighted by atomic mass is 10.0. The van der Waals surface area contributed by atoms with Crippen molar-refractivity contribution in [2.45, 2.75) is 57.0 Å². The fraction of sp³-hybridized carbons (Fsp3) is 0.400. The summed E-state index contributed by atoms with van der Waals surface area (Å²) in [5.74, 6) is -0.562. The second-order valence-corrected chi connectivity index (χ2v) is 9.57. The first-order valence-corrected chi connectivity index (χ1v) is 11.8. The molecule has 0 saturated heterocycles. The largest absolute Gasteiger partial charge is 0.446 e. The molecule has 3 aromatic heterocycles. The molecule has 1 unspecified atom stereocenters. The fourth-order valence-electron chi connectivity index (χ4n) is 4.24. The molecule has 2 amide bonds. The van der Waals surface area contributed by atoms with Crippen molar-refractivity contribution < 1.29 is 23.8 Å². The number of primary amides is 1. The van der Waals surface area contributed by atoms with E-state index in [0.29, 0.717) is 47.4 Å². The van der Waals surface area contributed by atoms with Gasteiger partial charge in [0.15, 0.2) is 0 Å². The van der Waals surface area contributed by atoms with Crippen LogP contribution in [0.3, 0.4) is 0 Å². The Morgan fingerprint density at radius 2 is 2.14 bits per heavy atom. The second-order valence-electron chi connectivity index (χ2n) is 9.57. The number of carbonyl (C=O) groups excluding carboxylic acids is 2. The summed E-state index contributed by atoms with van der Waals surface area (Å²) >= 11 is 0. The van der Waals surface area contributed by atoms with E-state index in [2.05, 4.69) is 26.8 Å². The summed E-state index contributed by atoms with van der Waals surface area (Å²) in [6.45, 7) is 2.27. The van der Waals surface area contributed by atoms with Gasteiger partial charge in [0, 0.05) is 18.7 Å². The van der Waals surface area contributed by atoms with E-state index in [9.17, 15) is 19.1 Å². The topological polar surface area (TPSA) is 168 Å². The number of pyridine rings is 1. The smallest absolute Gasteiger partial charge is 0.404 e. The van der Waals surface area contributed by atoms with E-state index in [0.717, 1.165) is 0 Å². The molecule has 3 heterocycles. The lowest BCUT2D eigenvalue weighted by Gasteiger charge is -2.23. The van der Waals surface area contributed by atoms with Crippen LogP contribution in [0.4, 0.5) is 14.9 Å². The van der Waals surface area contributed by atoms with Crippen molar-refractivity contribution in [1.82, 2.24) is 19.9 Å². The molecule has 3 atom stereocenters. The van der Waals surface area contributed by atoms with E-state index >= 15 is 0 Å². The van der Waals surface area contributed by atoms with Crippen LogP contribution in [0.25, 0.3) is 16.9 Å². The molecule has 1 fully saturated rings. The summed E-state index contributed by atoms with van der Waals surface area (Å²) in [6, 6.07) is 8.95. The van der Waals surface area contributed by atoms with Crippen LogP contribution in [0.2, 0.25) is 0 Å². The third kappa shape index (κ3) is 5.95. The number of nitrogens with one attached hydrogen (secondary N) is 2. The van der Waals surface area contributed by atoms with Crippen LogP contribution in [-0.4, -0.2) is 62.2 Å². The molecular weight excluding hydrogens is 481 g/mol.